The first-order valence-corrected chi connectivity index (χ1v) is 8.02. The van der Waals surface area contributed by atoms with E-state index in [0.29, 0.717) is 39.8 Å². The molecule has 3 rings (SSSR count). The second kappa shape index (κ2) is 6.88. The van der Waals surface area contributed by atoms with Crippen LogP contribution in [0.3, 0.4) is 0 Å². The molecule has 0 atom stereocenters. The van der Waals surface area contributed by atoms with Gasteiger partial charge in [-0.25, -0.2) is 9.97 Å². The molecule has 0 fully saturated rings. The summed E-state index contributed by atoms with van der Waals surface area (Å²) in [5.74, 6) is 0.811. The molecule has 0 bridgehead atoms. The molecule has 7 heteroatoms. The molecule has 2 aromatic heterocycles. The Morgan fingerprint density at radius 2 is 2.17 bits per heavy atom. The number of nitrogens with zero attached hydrogens (tertiary/aromatic N) is 2. The quantitative estimate of drug-likeness (QED) is 0.729. The normalized spacial score (nSPS) is 10.8. The van der Waals surface area contributed by atoms with Crippen LogP contribution < -0.4 is 10.6 Å². The summed E-state index contributed by atoms with van der Waals surface area (Å²) in [6, 6.07) is 7.26. The molecule has 2 heterocycles. The van der Waals surface area contributed by atoms with Crippen LogP contribution in [-0.4, -0.2) is 22.4 Å². The third-order valence-corrected chi connectivity index (χ3v) is 3.75. The molecule has 2 N–H and O–H groups in total. The third-order valence-electron chi connectivity index (χ3n) is 3.51. The zero-order chi connectivity index (χ0) is 17.1. The Hall–Kier alpha value is -2.60. The van der Waals surface area contributed by atoms with Crippen LogP contribution in [0, 0.1) is 6.92 Å². The summed E-state index contributed by atoms with van der Waals surface area (Å²) in [5.41, 5.74) is 1.58. The number of hydrogen-bond acceptors (Lipinski definition) is 5. The first-order valence-electron chi connectivity index (χ1n) is 7.65. The number of hydrogen-bond donors (Lipinski definition) is 2. The maximum atomic E-state index is 12.5. The largest absolute Gasteiger partial charge is 0.442 e. The molecule has 24 heavy (non-hydrogen) atoms. The number of nitrogens with one attached hydrogen (secondary N) is 2. The van der Waals surface area contributed by atoms with Gasteiger partial charge in [0.1, 0.15) is 17.9 Å². The number of fused-ring (bicyclic) bond motifs is 1. The zero-order valence-corrected chi connectivity index (χ0v) is 14.1. The molecule has 0 saturated carbocycles. The Morgan fingerprint density at radius 1 is 1.33 bits per heavy atom. The number of benzene rings is 1. The number of rotatable bonds is 5. The fourth-order valence-corrected chi connectivity index (χ4v) is 2.63. The lowest BCUT2D eigenvalue weighted by molar-refractivity contribution is 0.0953. The Morgan fingerprint density at radius 3 is 2.92 bits per heavy atom. The maximum absolute atomic E-state index is 12.5. The Balaban J connectivity index is 2.06. The maximum Gasteiger partial charge on any atom is 0.255 e. The molecule has 1 amide bonds. The number of aryl methyl sites for hydroxylation is 1. The second-order valence-electron chi connectivity index (χ2n) is 5.33. The number of anilines is 2. The lowest BCUT2D eigenvalue weighted by Crippen LogP contribution is -2.24. The van der Waals surface area contributed by atoms with E-state index in [1.807, 2.05) is 19.1 Å². The van der Waals surface area contributed by atoms with Gasteiger partial charge in [-0.3, -0.25) is 4.79 Å². The minimum Gasteiger partial charge on any atom is -0.442 e. The van der Waals surface area contributed by atoms with Crippen molar-refractivity contribution in [2.24, 2.45) is 0 Å². The van der Waals surface area contributed by atoms with Crippen molar-refractivity contribution in [1.82, 2.24) is 15.3 Å². The van der Waals surface area contributed by atoms with Gasteiger partial charge in [0.2, 0.25) is 5.71 Å². The molecule has 0 spiro atoms. The molecular weight excluding hydrogens is 328 g/mol. The monoisotopic (exact) mass is 344 g/mol. The van der Waals surface area contributed by atoms with E-state index in [1.54, 1.807) is 19.1 Å². The Bertz CT molecular complexity index is 891. The van der Waals surface area contributed by atoms with E-state index in [1.165, 1.54) is 6.33 Å². The molecule has 0 saturated heterocycles. The van der Waals surface area contributed by atoms with E-state index in [9.17, 15) is 4.79 Å². The molecule has 6 nitrogen and oxygen atoms in total. The van der Waals surface area contributed by atoms with Crippen LogP contribution in [0.15, 0.2) is 35.0 Å². The van der Waals surface area contributed by atoms with Crippen molar-refractivity contribution in [3.8, 4) is 0 Å². The van der Waals surface area contributed by atoms with Gasteiger partial charge >= 0.3 is 0 Å². The lowest BCUT2D eigenvalue weighted by Gasteiger charge is -2.08. The summed E-state index contributed by atoms with van der Waals surface area (Å²) in [7, 11) is 0. The fourth-order valence-electron chi connectivity index (χ4n) is 2.44. The van der Waals surface area contributed by atoms with E-state index >= 15 is 0 Å². The van der Waals surface area contributed by atoms with Crippen molar-refractivity contribution < 1.29 is 9.21 Å². The van der Waals surface area contributed by atoms with Gasteiger partial charge in [0.05, 0.1) is 10.9 Å². The van der Waals surface area contributed by atoms with Gasteiger partial charge in [-0.2, -0.15) is 0 Å². The minimum absolute atomic E-state index is 0.197. The first kappa shape index (κ1) is 16.3. The highest BCUT2D eigenvalue weighted by molar-refractivity contribution is 6.30. The zero-order valence-electron chi connectivity index (χ0n) is 13.4. The molecule has 124 valence electrons. The summed E-state index contributed by atoms with van der Waals surface area (Å²) >= 11 is 6.02. The van der Waals surface area contributed by atoms with Crippen LogP contribution in [0.4, 0.5) is 11.5 Å². The first-order chi connectivity index (χ1) is 11.6. The van der Waals surface area contributed by atoms with E-state index in [4.69, 9.17) is 16.0 Å². The van der Waals surface area contributed by atoms with Crippen molar-refractivity contribution in [3.63, 3.8) is 0 Å². The number of aromatic nitrogens is 2. The van der Waals surface area contributed by atoms with E-state index in [-0.39, 0.29) is 5.91 Å². The molecular formula is C17H17ClN4O2. The van der Waals surface area contributed by atoms with Crippen molar-refractivity contribution in [2.75, 3.05) is 11.9 Å². The molecule has 0 radical (unpaired) electrons. The van der Waals surface area contributed by atoms with Gasteiger partial charge < -0.3 is 15.1 Å². The molecule has 0 aliphatic rings. The predicted molar refractivity (Wildman–Crippen MR) is 93.9 cm³/mol. The highest BCUT2D eigenvalue weighted by Gasteiger charge is 2.22. The number of amides is 1. The third kappa shape index (κ3) is 3.19. The summed E-state index contributed by atoms with van der Waals surface area (Å²) in [5, 5.41) is 7.21. The van der Waals surface area contributed by atoms with Crippen LogP contribution in [0.2, 0.25) is 5.02 Å². The van der Waals surface area contributed by atoms with Gasteiger partial charge in [0.25, 0.3) is 5.91 Å². The van der Waals surface area contributed by atoms with E-state index < -0.39 is 0 Å². The van der Waals surface area contributed by atoms with Crippen LogP contribution >= 0.6 is 11.6 Å². The van der Waals surface area contributed by atoms with Crippen molar-refractivity contribution in [2.45, 2.75) is 20.3 Å². The molecule has 0 aliphatic carbocycles. The number of carbonyl (C=O) groups excluding carboxylic acids is 1. The highest BCUT2D eigenvalue weighted by atomic mass is 35.5. The molecule has 3 aromatic rings. The summed E-state index contributed by atoms with van der Waals surface area (Å²) < 4.78 is 5.62. The van der Waals surface area contributed by atoms with Crippen molar-refractivity contribution in [1.29, 1.82) is 0 Å². The number of furan rings is 1. The van der Waals surface area contributed by atoms with Crippen molar-refractivity contribution in [3.05, 3.63) is 46.9 Å². The van der Waals surface area contributed by atoms with Gasteiger partial charge in [0, 0.05) is 17.3 Å². The van der Waals surface area contributed by atoms with Crippen LogP contribution in [0.25, 0.3) is 11.1 Å². The summed E-state index contributed by atoms with van der Waals surface area (Å²) in [6.07, 6.45) is 2.25. The standard InChI is InChI=1S/C17H17ClN4O2/c1-3-7-19-16(23)13-10(2)24-17-14(13)15(20-9-21-17)22-12-6-4-5-11(18)8-12/h4-6,8-9H,3,7H2,1-2H3,(H,19,23)(H,20,21,22). The average Bonchev–Trinajstić information content (AvgIpc) is 2.90. The summed E-state index contributed by atoms with van der Waals surface area (Å²) in [4.78, 5) is 20.9. The smallest absolute Gasteiger partial charge is 0.255 e. The topological polar surface area (TPSA) is 80.1 Å². The van der Waals surface area contributed by atoms with Crippen LogP contribution in [0.5, 0.6) is 0 Å². The predicted octanol–water partition coefficient (Wildman–Crippen LogP) is 4.07. The number of carbonyl (C=O) groups is 1. The van der Waals surface area contributed by atoms with Crippen LogP contribution in [-0.2, 0) is 0 Å². The van der Waals surface area contributed by atoms with Gasteiger partial charge in [-0.15, -0.1) is 0 Å². The highest BCUT2D eigenvalue weighted by Crippen LogP contribution is 2.31. The Kier molecular flexibility index (Phi) is 4.66. The molecule has 1 aromatic carbocycles. The summed E-state index contributed by atoms with van der Waals surface area (Å²) in [6.45, 7) is 4.33. The van der Waals surface area contributed by atoms with E-state index in [0.717, 1.165) is 12.1 Å². The van der Waals surface area contributed by atoms with Crippen LogP contribution in [0.1, 0.15) is 29.5 Å². The van der Waals surface area contributed by atoms with Gasteiger partial charge in [-0.05, 0) is 31.5 Å². The Labute approximate surface area is 144 Å². The molecule has 0 aliphatic heterocycles. The number of halogens is 1. The minimum atomic E-state index is -0.197. The fraction of sp³-hybridized carbons (Fsp3) is 0.235. The lowest BCUT2D eigenvalue weighted by atomic mass is 10.1. The average molecular weight is 345 g/mol. The van der Waals surface area contributed by atoms with Gasteiger partial charge in [0.15, 0.2) is 0 Å². The second-order valence-corrected chi connectivity index (χ2v) is 5.76. The van der Waals surface area contributed by atoms with E-state index in [2.05, 4.69) is 20.6 Å². The SMILES string of the molecule is CCCNC(=O)c1c(C)oc2ncnc(Nc3cccc(Cl)c3)c12. The molecule has 0 unspecified atom stereocenters. The van der Waals surface area contributed by atoms with Gasteiger partial charge in [-0.1, -0.05) is 24.6 Å². The van der Waals surface area contributed by atoms with Crippen molar-refractivity contribution >= 4 is 40.1 Å².